The van der Waals surface area contributed by atoms with Crippen molar-refractivity contribution >= 4 is 17.9 Å². The summed E-state index contributed by atoms with van der Waals surface area (Å²) in [4.78, 5) is 37.9. The highest BCUT2D eigenvalue weighted by Gasteiger charge is 2.19. The first-order valence-electron chi connectivity index (χ1n) is 29.6. The summed E-state index contributed by atoms with van der Waals surface area (Å²) in [5, 5.41) is 0. The number of carbonyl (C=O) groups is 3. The zero-order chi connectivity index (χ0) is 50.7. The topological polar surface area (TPSA) is 78.9 Å². The van der Waals surface area contributed by atoms with Crippen molar-refractivity contribution in [1.29, 1.82) is 0 Å². The van der Waals surface area contributed by atoms with Gasteiger partial charge >= 0.3 is 17.9 Å². The molecular formula is C64H110O6. The van der Waals surface area contributed by atoms with Gasteiger partial charge in [0.15, 0.2) is 6.10 Å². The number of carbonyl (C=O) groups excluding carboxylic acids is 3. The number of hydrogen-bond acceptors (Lipinski definition) is 6. The normalized spacial score (nSPS) is 12.7. The van der Waals surface area contributed by atoms with Crippen molar-refractivity contribution < 1.29 is 28.6 Å². The number of unbranched alkanes of at least 4 members (excludes halogenated alkanes) is 28. The fourth-order valence-electron chi connectivity index (χ4n) is 8.21. The molecule has 70 heavy (non-hydrogen) atoms. The monoisotopic (exact) mass is 975 g/mol. The first-order valence-corrected chi connectivity index (χ1v) is 29.6. The minimum atomic E-state index is -0.778. The predicted octanol–water partition coefficient (Wildman–Crippen LogP) is 19.9. The van der Waals surface area contributed by atoms with Crippen LogP contribution in [0.1, 0.15) is 284 Å². The van der Waals surface area contributed by atoms with Crippen LogP contribution in [0.15, 0.2) is 85.1 Å². The molecule has 0 spiro atoms. The van der Waals surface area contributed by atoms with Crippen LogP contribution >= 0.6 is 0 Å². The van der Waals surface area contributed by atoms with Crippen LogP contribution in [0.2, 0.25) is 0 Å². The standard InChI is InChI=1S/C64H110O6/c1-4-7-10-13-16-18-20-22-24-26-28-29-30-31-32-33-34-35-37-38-40-42-44-46-48-51-54-57-63(66)69-60-61(59-68-62(65)56-53-50-15-12-9-6-3)70-64(67)58-55-52-49-47-45-43-41-39-36-27-25-23-21-19-17-14-11-8-5-2/h7,10,16,18,22-25,28-29,31-32,34-35,61H,4-6,8-9,11-15,17,19-21,26-27,30,33,36-60H2,1-3H3/b10-7-,18-16-,24-22-,25-23-,29-28-,32-31-,35-34-. The molecule has 0 bridgehead atoms. The van der Waals surface area contributed by atoms with Gasteiger partial charge in [0.2, 0.25) is 0 Å². The van der Waals surface area contributed by atoms with E-state index in [1.165, 1.54) is 141 Å². The molecule has 0 aromatic rings. The molecule has 402 valence electrons. The highest BCUT2D eigenvalue weighted by molar-refractivity contribution is 5.71. The van der Waals surface area contributed by atoms with Crippen molar-refractivity contribution in [3.63, 3.8) is 0 Å². The van der Waals surface area contributed by atoms with Crippen LogP contribution in [0.5, 0.6) is 0 Å². The Morgan fingerprint density at radius 1 is 0.300 bits per heavy atom. The van der Waals surface area contributed by atoms with E-state index in [1.807, 2.05) is 0 Å². The number of allylic oxidation sites excluding steroid dienone is 14. The molecule has 6 nitrogen and oxygen atoms in total. The highest BCUT2D eigenvalue weighted by atomic mass is 16.6. The third-order valence-electron chi connectivity index (χ3n) is 12.6. The number of rotatable bonds is 53. The maximum Gasteiger partial charge on any atom is 0.306 e. The molecule has 6 heteroatoms. The molecule has 1 atom stereocenters. The van der Waals surface area contributed by atoms with Crippen LogP contribution in [0, 0.1) is 0 Å². The minimum Gasteiger partial charge on any atom is -0.462 e. The number of ether oxygens (including phenoxy) is 3. The lowest BCUT2D eigenvalue weighted by Crippen LogP contribution is -2.30. The Bertz CT molecular complexity index is 1350. The molecule has 0 aliphatic heterocycles. The molecule has 1 unspecified atom stereocenters. The second-order valence-electron chi connectivity index (χ2n) is 19.5. The third-order valence-corrected chi connectivity index (χ3v) is 12.6. The summed E-state index contributed by atoms with van der Waals surface area (Å²) < 4.78 is 16.8. The van der Waals surface area contributed by atoms with Gasteiger partial charge in [-0.1, -0.05) is 254 Å². The Morgan fingerprint density at radius 2 is 0.557 bits per heavy atom. The zero-order valence-corrected chi connectivity index (χ0v) is 46.0. The molecule has 0 aliphatic carbocycles. The Kier molecular flexibility index (Phi) is 55.3. The van der Waals surface area contributed by atoms with Crippen molar-refractivity contribution in [3.8, 4) is 0 Å². The van der Waals surface area contributed by atoms with Gasteiger partial charge in [0.25, 0.3) is 0 Å². The molecule has 0 rings (SSSR count). The lowest BCUT2D eigenvalue weighted by molar-refractivity contribution is -0.167. The lowest BCUT2D eigenvalue weighted by atomic mass is 10.1. The van der Waals surface area contributed by atoms with E-state index in [9.17, 15) is 14.4 Å². The summed E-state index contributed by atoms with van der Waals surface area (Å²) in [6.07, 6.45) is 76.1. The van der Waals surface area contributed by atoms with Crippen LogP contribution in [-0.4, -0.2) is 37.2 Å². The van der Waals surface area contributed by atoms with E-state index >= 15 is 0 Å². The van der Waals surface area contributed by atoms with E-state index in [4.69, 9.17) is 14.2 Å². The summed E-state index contributed by atoms with van der Waals surface area (Å²) in [5.74, 6) is -0.893. The van der Waals surface area contributed by atoms with Crippen LogP contribution in [-0.2, 0) is 28.6 Å². The van der Waals surface area contributed by atoms with E-state index in [1.54, 1.807) is 0 Å². The smallest absolute Gasteiger partial charge is 0.306 e. The Labute approximate surface area is 433 Å². The van der Waals surface area contributed by atoms with E-state index in [-0.39, 0.29) is 31.1 Å². The van der Waals surface area contributed by atoms with E-state index in [2.05, 4.69) is 106 Å². The third kappa shape index (κ3) is 55.5. The molecule has 0 aromatic heterocycles. The van der Waals surface area contributed by atoms with Crippen LogP contribution in [0.25, 0.3) is 0 Å². The first-order chi connectivity index (χ1) is 34.5. The van der Waals surface area contributed by atoms with Gasteiger partial charge in [-0.3, -0.25) is 14.4 Å². The predicted molar refractivity (Wildman–Crippen MR) is 302 cm³/mol. The summed E-state index contributed by atoms with van der Waals surface area (Å²) >= 11 is 0. The Balaban J connectivity index is 4.15. The Hall–Kier alpha value is -3.41. The second-order valence-corrected chi connectivity index (χ2v) is 19.5. The van der Waals surface area contributed by atoms with Crippen LogP contribution in [0.3, 0.4) is 0 Å². The van der Waals surface area contributed by atoms with Gasteiger partial charge in [0, 0.05) is 19.3 Å². The number of hydrogen-bond donors (Lipinski definition) is 0. The van der Waals surface area contributed by atoms with Crippen molar-refractivity contribution in [2.45, 2.75) is 290 Å². The summed E-state index contributed by atoms with van der Waals surface area (Å²) in [6.45, 7) is 6.47. The fourth-order valence-corrected chi connectivity index (χ4v) is 8.21. The lowest BCUT2D eigenvalue weighted by Gasteiger charge is -2.18. The molecule has 0 aromatic carbocycles. The molecular weight excluding hydrogens is 865 g/mol. The van der Waals surface area contributed by atoms with Gasteiger partial charge in [-0.15, -0.1) is 0 Å². The first kappa shape index (κ1) is 66.6. The van der Waals surface area contributed by atoms with Gasteiger partial charge < -0.3 is 14.2 Å². The molecule has 0 saturated heterocycles. The molecule has 0 aliphatic rings. The van der Waals surface area contributed by atoms with Gasteiger partial charge in [-0.2, -0.15) is 0 Å². The summed E-state index contributed by atoms with van der Waals surface area (Å²) in [5.41, 5.74) is 0. The highest BCUT2D eigenvalue weighted by Crippen LogP contribution is 2.15. The van der Waals surface area contributed by atoms with Crippen LogP contribution in [0.4, 0.5) is 0 Å². The van der Waals surface area contributed by atoms with Gasteiger partial charge in [0.1, 0.15) is 13.2 Å². The van der Waals surface area contributed by atoms with Crippen molar-refractivity contribution in [2.75, 3.05) is 13.2 Å². The largest absolute Gasteiger partial charge is 0.462 e. The van der Waals surface area contributed by atoms with Gasteiger partial charge in [-0.25, -0.2) is 0 Å². The number of esters is 3. The molecule has 0 saturated carbocycles. The SMILES string of the molecule is CC/C=C\C/C=C\C/C=C\C/C=C\C/C=C\C/C=C\CCCCCCCCCCC(=O)OCC(COC(=O)CCCCCCCC)OC(=O)CCCCCCCCCCC/C=C\CCCCCCCC. The van der Waals surface area contributed by atoms with E-state index in [0.717, 1.165) is 103 Å². The minimum absolute atomic E-state index is 0.0788. The Morgan fingerprint density at radius 3 is 0.886 bits per heavy atom. The zero-order valence-electron chi connectivity index (χ0n) is 46.0. The quantitative estimate of drug-likeness (QED) is 0.0261. The average Bonchev–Trinajstić information content (AvgIpc) is 3.36. The molecule has 0 heterocycles. The molecule has 0 fully saturated rings. The van der Waals surface area contributed by atoms with Crippen molar-refractivity contribution in [1.82, 2.24) is 0 Å². The maximum absolute atomic E-state index is 12.8. The molecule has 0 amide bonds. The van der Waals surface area contributed by atoms with Crippen molar-refractivity contribution in [3.05, 3.63) is 85.1 Å². The summed E-state index contributed by atoms with van der Waals surface area (Å²) in [6, 6.07) is 0. The van der Waals surface area contributed by atoms with E-state index < -0.39 is 6.10 Å². The van der Waals surface area contributed by atoms with Gasteiger partial charge in [0.05, 0.1) is 0 Å². The van der Waals surface area contributed by atoms with Crippen LogP contribution < -0.4 is 0 Å². The van der Waals surface area contributed by atoms with Crippen molar-refractivity contribution in [2.24, 2.45) is 0 Å². The molecule has 0 N–H and O–H groups in total. The van der Waals surface area contributed by atoms with Gasteiger partial charge in [-0.05, 0) is 96.3 Å². The average molecular weight is 976 g/mol. The van der Waals surface area contributed by atoms with E-state index in [0.29, 0.717) is 19.3 Å². The molecule has 0 radical (unpaired) electrons. The maximum atomic E-state index is 12.8. The fraction of sp³-hybridized carbons (Fsp3) is 0.734. The second kappa shape index (κ2) is 58.2. The summed E-state index contributed by atoms with van der Waals surface area (Å²) in [7, 11) is 0.